The van der Waals surface area contributed by atoms with E-state index in [1.807, 2.05) is 0 Å². The summed E-state index contributed by atoms with van der Waals surface area (Å²) in [5.41, 5.74) is 1.39. The van der Waals surface area contributed by atoms with Crippen molar-refractivity contribution in [2.45, 2.75) is 20.1 Å². The molecule has 3 rings (SSSR count). The van der Waals surface area contributed by atoms with Crippen LogP contribution in [0.15, 0.2) is 59.9 Å². The van der Waals surface area contributed by atoms with Crippen LogP contribution in [-0.2, 0) is 17.9 Å². The van der Waals surface area contributed by atoms with Crippen LogP contribution in [0, 0.1) is 0 Å². The van der Waals surface area contributed by atoms with E-state index in [-0.39, 0.29) is 23.5 Å². The third-order valence-corrected chi connectivity index (χ3v) is 3.54. The number of hydrogen-bond donors (Lipinski definition) is 1. The molecule has 3 aromatic heterocycles. The van der Waals surface area contributed by atoms with E-state index in [1.54, 1.807) is 56.0 Å². The van der Waals surface area contributed by atoms with E-state index in [2.05, 4.69) is 20.4 Å². The Bertz CT molecular complexity index is 942. The molecule has 3 heterocycles. The molecule has 0 bridgehead atoms. The molecule has 0 spiro atoms. The van der Waals surface area contributed by atoms with E-state index in [1.165, 1.54) is 10.7 Å². The molecule has 0 fully saturated rings. The molecule has 0 saturated carbocycles. The maximum absolute atomic E-state index is 12.4. The van der Waals surface area contributed by atoms with Gasteiger partial charge >= 0.3 is 5.97 Å². The van der Waals surface area contributed by atoms with Gasteiger partial charge < -0.3 is 10.1 Å². The molecule has 0 atom stereocenters. The number of aromatic nitrogens is 4. The number of pyridine rings is 2. The highest BCUT2D eigenvalue weighted by Crippen LogP contribution is 2.13. The molecule has 0 aliphatic heterocycles. The maximum atomic E-state index is 12.4. The van der Waals surface area contributed by atoms with E-state index in [9.17, 15) is 9.59 Å². The first kappa shape index (κ1) is 17.3. The van der Waals surface area contributed by atoms with Crippen molar-refractivity contribution in [1.29, 1.82) is 0 Å². The monoisotopic (exact) mass is 351 g/mol. The van der Waals surface area contributed by atoms with Crippen molar-refractivity contribution in [1.82, 2.24) is 19.7 Å². The van der Waals surface area contributed by atoms with Gasteiger partial charge in [-0.1, -0.05) is 0 Å². The zero-order valence-electron chi connectivity index (χ0n) is 14.1. The normalized spacial score (nSPS) is 10.3. The predicted octanol–water partition coefficient (Wildman–Crippen LogP) is 2.15. The Balaban J connectivity index is 1.83. The van der Waals surface area contributed by atoms with Gasteiger partial charge in [0.25, 0.3) is 5.56 Å². The lowest BCUT2D eigenvalue weighted by atomic mass is 10.3. The molecule has 26 heavy (non-hydrogen) atoms. The molecule has 3 aromatic rings. The van der Waals surface area contributed by atoms with Gasteiger partial charge in [0.1, 0.15) is 12.3 Å². The molecule has 0 aliphatic rings. The summed E-state index contributed by atoms with van der Waals surface area (Å²) in [4.78, 5) is 32.7. The lowest BCUT2D eigenvalue weighted by molar-refractivity contribution is 0.0462. The van der Waals surface area contributed by atoms with Gasteiger partial charge in [-0.2, -0.15) is 5.10 Å². The minimum atomic E-state index is -0.613. The first-order valence-electron chi connectivity index (χ1n) is 8.02. The maximum Gasteiger partial charge on any atom is 0.359 e. The largest absolute Gasteiger partial charge is 0.456 e. The number of carbonyl (C=O) groups excluding carboxylic acids is 1. The fourth-order valence-corrected chi connectivity index (χ4v) is 2.24. The third-order valence-electron chi connectivity index (χ3n) is 3.54. The Kier molecular flexibility index (Phi) is 5.33. The lowest BCUT2D eigenvalue weighted by Crippen LogP contribution is -2.27. The smallest absolute Gasteiger partial charge is 0.359 e. The van der Waals surface area contributed by atoms with Gasteiger partial charge in [-0.3, -0.25) is 14.8 Å². The molecule has 0 amide bonds. The van der Waals surface area contributed by atoms with Crippen LogP contribution in [0.4, 0.5) is 11.4 Å². The zero-order valence-corrected chi connectivity index (χ0v) is 14.1. The topological polar surface area (TPSA) is 99.0 Å². The fourth-order valence-electron chi connectivity index (χ4n) is 2.24. The van der Waals surface area contributed by atoms with Crippen LogP contribution in [0.2, 0.25) is 0 Å². The summed E-state index contributed by atoms with van der Waals surface area (Å²) in [5.74, 6) is -0.613. The zero-order chi connectivity index (χ0) is 18.4. The quantitative estimate of drug-likeness (QED) is 0.679. The minimum absolute atomic E-state index is 0.0481. The summed E-state index contributed by atoms with van der Waals surface area (Å²) in [6.45, 7) is 2.19. The predicted molar refractivity (Wildman–Crippen MR) is 95.0 cm³/mol. The third kappa shape index (κ3) is 4.10. The number of nitrogens with one attached hydrogen (secondary N) is 1. The highest BCUT2D eigenvalue weighted by molar-refractivity contribution is 5.88. The molecule has 8 heteroatoms. The van der Waals surface area contributed by atoms with Gasteiger partial charge in [-0.25, -0.2) is 9.48 Å². The van der Waals surface area contributed by atoms with Crippen molar-refractivity contribution in [2.75, 3.05) is 5.32 Å². The van der Waals surface area contributed by atoms with Gasteiger partial charge in [0.15, 0.2) is 5.69 Å². The van der Waals surface area contributed by atoms with E-state index in [0.717, 1.165) is 5.56 Å². The molecule has 8 nitrogen and oxygen atoms in total. The number of nitrogens with zero attached hydrogens (tertiary/aromatic N) is 4. The molecular formula is C18H17N5O3. The van der Waals surface area contributed by atoms with Crippen LogP contribution < -0.4 is 10.9 Å². The molecule has 1 N–H and O–H groups in total. The number of ether oxygens (including phenoxy) is 1. The molecule has 0 radical (unpaired) electrons. The van der Waals surface area contributed by atoms with E-state index >= 15 is 0 Å². The standard InChI is InChI=1S/C18H17N5O3/c1-2-23-17(24)15(21-14-4-3-7-20-11-14)10-16(22-23)18(25)26-12-13-5-8-19-9-6-13/h3-11,21H,2,12H2,1H3. The first-order valence-corrected chi connectivity index (χ1v) is 8.02. The average Bonchev–Trinajstić information content (AvgIpc) is 2.69. The van der Waals surface area contributed by atoms with Crippen LogP contribution in [0.1, 0.15) is 23.0 Å². The van der Waals surface area contributed by atoms with Crippen molar-refractivity contribution in [3.8, 4) is 0 Å². The van der Waals surface area contributed by atoms with Crippen molar-refractivity contribution in [2.24, 2.45) is 0 Å². The fraction of sp³-hybridized carbons (Fsp3) is 0.167. The lowest BCUT2D eigenvalue weighted by Gasteiger charge is -2.10. The molecule has 0 unspecified atom stereocenters. The van der Waals surface area contributed by atoms with Crippen molar-refractivity contribution in [3.05, 3.63) is 76.7 Å². The van der Waals surface area contributed by atoms with Gasteiger partial charge in [0.2, 0.25) is 0 Å². The Morgan fingerprint density at radius 1 is 1.19 bits per heavy atom. The Hall–Kier alpha value is -3.55. The van der Waals surface area contributed by atoms with Crippen molar-refractivity contribution >= 4 is 17.3 Å². The summed E-state index contributed by atoms with van der Waals surface area (Å²) in [6.07, 6.45) is 6.45. The summed E-state index contributed by atoms with van der Waals surface area (Å²) >= 11 is 0. The van der Waals surface area contributed by atoms with Crippen molar-refractivity contribution in [3.63, 3.8) is 0 Å². The van der Waals surface area contributed by atoms with Crippen LogP contribution >= 0.6 is 0 Å². The second kappa shape index (κ2) is 8.02. The van der Waals surface area contributed by atoms with Gasteiger partial charge in [-0.05, 0) is 36.8 Å². The number of aryl methyl sites for hydroxylation is 1. The van der Waals surface area contributed by atoms with Gasteiger partial charge in [-0.15, -0.1) is 0 Å². The van der Waals surface area contributed by atoms with E-state index in [0.29, 0.717) is 12.2 Å². The summed E-state index contributed by atoms with van der Waals surface area (Å²) in [6, 6.07) is 8.40. The van der Waals surface area contributed by atoms with Crippen LogP contribution in [0.3, 0.4) is 0 Å². The summed E-state index contributed by atoms with van der Waals surface area (Å²) in [7, 11) is 0. The number of carbonyl (C=O) groups is 1. The molecular weight excluding hydrogens is 334 g/mol. The van der Waals surface area contributed by atoms with Gasteiger partial charge in [0.05, 0.1) is 11.9 Å². The van der Waals surface area contributed by atoms with Gasteiger partial charge in [0, 0.05) is 31.2 Å². The second-order valence-electron chi connectivity index (χ2n) is 5.36. The van der Waals surface area contributed by atoms with Crippen molar-refractivity contribution < 1.29 is 9.53 Å². The summed E-state index contributed by atoms with van der Waals surface area (Å²) < 4.78 is 6.48. The van der Waals surface area contributed by atoms with E-state index in [4.69, 9.17) is 4.74 Å². The molecule has 0 saturated heterocycles. The second-order valence-corrected chi connectivity index (χ2v) is 5.36. The number of rotatable bonds is 6. The molecule has 132 valence electrons. The average molecular weight is 351 g/mol. The number of anilines is 2. The summed E-state index contributed by atoms with van der Waals surface area (Å²) in [5, 5.41) is 7.03. The molecule has 0 aromatic carbocycles. The SMILES string of the molecule is CCn1nc(C(=O)OCc2ccncc2)cc(Nc2cccnc2)c1=O. The van der Waals surface area contributed by atoms with Crippen LogP contribution in [0.5, 0.6) is 0 Å². The Morgan fingerprint density at radius 2 is 2.00 bits per heavy atom. The van der Waals surface area contributed by atoms with Crippen LogP contribution in [-0.4, -0.2) is 25.7 Å². The Morgan fingerprint density at radius 3 is 2.69 bits per heavy atom. The van der Waals surface area contributed by atoms with Crippen LogP contribution in [0.25, 0.3) is 0 Å². The highest BCUT2D eigenvalue weighted by atomic mass is 16.5. The van der Waals surface area contributed by atoms with E-state index < -0.39 is 5.97 Å². The minimum Gasteiger partial charge on any atom is -0.456 e. The Labute approximate surface area is 149 Å². The number of esters is 1. The first-order chi connectivity index (χ1) is 12.7. The molecule has 0 aliphatic carbocycles. The highest BCUT2D eigenvalue weighted by Gasteiger charge is 2.15. The number of hydrogen-bond acceptors (Lipinski definition) is 7.